The van der Waals surface area contributed by atoms with Crippen molar-refractivity contribution < 1.29 is 4.74 Å². The van der Waals surface area contributed by atoms with Gasteiger partial charge in [-0.05, 0) is 62.0 Å². The lowest BCUT2D eigenvalue weighted by Crippen LogP contribution is -2.70. The number of aromatic nitrogens is 2. The molecule has 2 aliphatic carbocycles. The van der Waals surface area contributed by atoms with Crippen molar-refractivity contribution in [2.45, 2.75) is 55.5 Å². The zero-order valence-corrected chi connectivity index (χ0v) is 16.6. The predicted octanol–water partition coefficient (Wildman–Crippen LogP) is 2.88. The molecule has 0 atom stereocenters. The Balaban J connectivity index is 0.994. The molecule has 2 spiro atoms. The summed E-state index contributed by atoms with van der Waals surface area (Å²) in [6.07, 6.45) is 8.32. The number of nitrogens with zero attached hydrogens (tertiary/aromatic N) is 4. The van der Waals surface area contributed by atoms with Gasteiger partial charge in [0.2, 0.25) is 0 Å². The van der Waals surface area contributed by atoms with Crippen molar-refractivity contribution >= 4 is 11.9 Å². The van der Waals surface area contributed by atoms with Gasteiger partial charge in [-0.1, -0.05) is 0 Å². The number of aryl methyl sites for hydroxylation is 1. The van der Waals surface area contributed by atoms with Crippen molar-refractivity contribution in [3.05, 3.63) is 11.8 Å². The molecule has 3 saturated heterocycles. The van der Waals surface area contributed by atoms with Crippen molar-refractivity contribution in [1.82, 2.24) is 19.0 Å². The molecular formula is C20H30N4OS. The second kappa shape index (κ2) is 5.72. The molecule has 5 nitrogen and oxygen atoms in total. The van der Waals surface area contributed by atoms with Gasteiger partial charge >= 0.3 is 0 Å². The third-order valence-electron chi connectivity index (χ3n) is 7.60. The fourth-order valence-corrected chi connectivity index (χ4v) is 6.53. The summed E-state index contributed by atoms with van der Waals surface area (Å²) in [6, 6.07) is 3.20. The van der Waals surface area contributed by atoms with Crippen LogP contribution in [0.4, 0.5) is 0 Å². The molecule has 4 heterocycles. The molecule has 1 aromatic rings. The van der Waals surface area contributed by atoms with Crippen molar-refractivity contribution in [3.8, 4) is 0 Å². The minimum atomic E-state index is 0.575. The second-order valence-corrected chi connectivity index (χ2v) is 10.9. The van der Waals surface area contributed by atoms with E-state index in [2.05, 4.69) is 27.0 Å². The molecule has 0 N–H and O–H groups in total. The summed E-state index contributed by atoms with van der Waals surface area (Å²) in [6.45, 7) is 7.12. The predicted molar refractivity (Wildman–Crippen MR) is 102 cm³/mol. The van der Waals surface area contributed by atoms with Crippen LogP contribution in [-0.2, 0) is 11.8 Å². The van der Waals surface area contributed by atoms with Gasteiger partial charge in [0.25, 0.3) is 0 Å². The second-order valence-electron chi connectivity index (χ2n) is 9.79. The van der Waals surface area contributed by atoms with E-state index in [1.165, 1.54) is 75.4 Å². The Bertz CT molecular complexity index is 687. The maximum absolute atomic E-state index is 5.42. The maximum Gasteiger partial charge on any atom is 0.109 e. The average Bonchev–Trinajstić information content (AvgIpc) is 3.30. The fraction of sp³-hybridized carbons (Fsp3) is 0.850. The van der Waals surface area contributed by atoms with Crippen LogP contribution in [0.2, 0.25) is 0 Å². The number of ether oxygens (including phenoxy) is 1. The maximum atomic E-state index is 5.42. The standard InChI is InChI=1S/C20H30N4OS/c1-22-18(8-17(21-22)15-2-3-15)26-24-6-4-19(5-7-24)9-16(10-19)23-11-20(12-23)13-25-14-20/h8,15-16H,2-7,9-14H2,1H3. The molecule has 26 heavy (non-hydrogen) atoms. The smallest absolute Gasteiger partial charge is 0.109 e. The van der Waals surface area contributed by atoms with Crippen LogP contribution in [0.3, 0.4) is 0 Å². The average molecular weight is 375 g/mol. The van der Waals surface area contributed by atoms with Crippen molar-refractivity contribution in [2.24, 2.45) is 17.9 Å². The summed E-state index contributed by atoms with van der Waals surface area (Å²) in [7, 11) is 2.10. The van der Waals surface area contributed by atoms with E-state index in [1.807, 2.05) is 11.9 Å². The zero-order chi connectivity index (χ0) is 17.4. The van der Waals surface area contributed by atoms with Crippen LogP contribution in [0.15, 0.2) is 11.1 Å². The van der Waals surface area contributed by atoms with Gasteiger partial charge in [-0.3, -0.25) is 9.58 Å². The lowest BCUT2D eigenvalue weighted by molar-refractivity contribution is -0.215. The van der Waals surface area contributed by atoms with E-state index < -0.39 is 0 Å². The molecule has 0 aromatic carbocycles. The number of likely N-dealkylation sites (tertiary alicyclic amines) is 1. The Morgan fingerprint density at radius 2 is 1.85 bits per heavy atom. The van der Waals surface area contributed by atoms with E-state index >= 15 is 0 Å². The zero-order valence-electron chi connectivity index (χ0n) is 15.8. The monoisotopic (exact) mass is 374 g/mol. The number of piperidine rings is 1. The van der Waals surface area contributed by atoms with Crippen LogP contribution in [0, 0.1) is 10.8 Å². The van der Waals surface area contributed by atoms with Gasteiger partial charge in [0.1, 0.15) is 5.03 Å². The summed E-state index contributed by atoms with van der Waals surface area (Å²) < 4.78 is 10.1. The molecule has 0 bridgehead atoms. The summed E-state index contributed by atoms with van der Waals surface area (Å²) in [4.78, 5) is 2.74. The quantitative estimate of drug-likeness (QED) is 0.757. The Morgan fingerprint density at radius 1 is 1.12 bits per heavy atom. The highest BCUT2D eigenvalue weighted by Crippen LogP contribution is 2.54. The first-order valence-electron chi connectivity index (χ1n) is 10.4. The van der Waals surface area contributed by atoms with Crippen LogP contribution in [0.1, 0.15) is 50.1 Å². The first-order valence-corrected chi connectivity index (χ1v) is 11.2. The molecule has 6 heteroatoms. The molecule has 142 valence electrons. The third kappa shape index (κ3) is 2.67. The number of rotatable bonds is 4. The number of hydrogen-bond donors (Lipinski definition) is 0. The molecule has 5 fully saturated rings. The number of hydrogen-bond acceptors (Lipinski definition) is 5. The topological polar surface area (TPSA) is 33.5 Å². The molecule has 0 amide bonds. The van der Waals surface area contributed by atoms with Crippen molar-refractivity contribution in [2.75, 3.05) is 39.4 Å². The summed E-state index contributed by atoms with van der Waals surface area (Å²) in [5.74, 6) is 0.749. The Hall–Kier alpha value is -0.560. The first kappa shape index (κ1) is 16.4. The molecule has 0 unspecified atom stereocenters. The van der Waals surface area contributed by atoms with Crippen LogP contribution < -0.4 is 0 Å². The van der Waals surface area contributed by atoms with E-state index in [-0.39, 0.29) is 0 Å². The fourth-order valence-electron chi connectivity index (χ4n) is 5.57. The van der Waals surface area contributed by atoms with Gasteiger partial charge in [0.05, 0.1) is 18.9 Å². The van der Waals surface area contributed by atoms with Gasteiger partial charge in [-0.2, -0.15) is 5.10 Å². The molecule has 2 saturated carbocycles. The lowest BCUT2D eigenvalue weighted by atomic mass is 9.59. The molecule has 5 aliphatic rings. The highest BCUT2D eigenvalue weighted by atomic mass is 32.2. The molecular weight excluding hydrogens is 344 g/mol. The van der Waals surface area contributed by atoms with E-state index in [0.717, 1.165) is 25.2 Å². The normalized spacial score (nSPS) is 31.0. The minimum Gasteiger partial charge on any atom is -0.380 e. The molecule has 3 aliphatic heterocycles. The Kier molecular flexibility index (Phi) is 3.61. The minimum absolute atomic E-state index is 0.575. The molecule has 0 radical (unpaired) electrons. The SMILES string of the molecule is Cn1nc(C2CC2)cc1SN1CCC2(CC1)CC(N1CC3(COC3)C1)C2. The summed E-state index contributed by atoms with van der Waals surface area (Å²) in [5, 5.41) is 6.04. The van der Waals surface area contributed by atoms with Crippen LogP contribution in [0.5, 0.6) is 0 Å². The summed E-state index contributed by atoms with van der Waals surface area (Å²) in [5.41, 5.74) is 2.55. The van der Waals surface area contributed by atoms with Crippen LogP contribution in [-0.4, -0.2) is 64.4 Å². The van der Waals surface area contributed by atoms with Crippen LogP contribution in [0.25, 0.3) is 0 Å². The Morgan fingerprint density at radius 3 is 2.46 bits per heavy atom. The molecule has 1 aromatic heterocycles. The van der Waals surface area contributed by atoms with Crippen molar-refractivity contribution in [3.63, 3.8) is 0 Å². The van der Waals surface area contributed by atoms with E-state index in [4.69, 9.17) is 9.84 Å². The van der Waals surface area contributed by atoms with E-state index in [0.29, 0.717) is 10.8 Å². The third-order valence-corrected chi connectivity index (χ3v) is 8.80. The highest BCUT2D eigenvalue weighted by molar-refractivity contribution is 7.97. The lowest BCUT2D eigenvalue weighted by Gasteiger charge is -2.63. The first-order chi connectivity index (χ1) is 12.6. The highest BCUT2D eigenvalue weighted by Gasteiger charge is 2.56. The molecule has 6 rings (SSSR count). The largest absolute Gasteiger partial charge is 0.380 e. The van der Waals surface area contributed by atoms with Gasteiger partial charge in [-0.15, -0.1) is 0 Å². The van der Waals surface area contributed by atoms with Crippen molar-refractivity contribution in [1.29, 1.82) is 0 Å². The van der Waals surface area contributed by atoms with Gasteiger partial charge in [0.15, 0.2) is 0 Å². The van der Waals surface area contributed by atoms with E-state index in [1.54, 1.807) is 0 Å². The van der Waals surface area contributed by atoms with Gasteiger partial charge in [0, 0.05) is 50.6 Å². The van der Waals surface area contributed by atoms with Gasteiger partial charge < -0.3 is 4.74 Å². The Labute approximate surface area is 160 Å². The van der Waals surface area contributed by atoms with Crippen LogP contribution >= 0.6 is 11.9 Å². The summed E-state index contributed by atoms with van der Waals surface area (Å²) >= 11 is 1.94. The van der Waals surface area contributed by atoms with E-state index in [9.17, 15) is 0 Å². The van der Waals surface area contributed by atoms with Gasteiger partial charge in [-0.25, -0.2) is 4.31 Å².